The van der Waals surface area contributed by atoms with E-state index in [4.69, 9.17) is 0 Å². The van der Waals surface area contributed by atoms with Gasteiger partial charge in [-0.1, -0.05) is 11.3 Å². The predicted molar refractivity (Wildman–Crippen MR) is 105 cm³/mol. The molecule has 0 aliphatic heterocycles. The summed E-state index contributed by atoms with van der Waals surface area (Å²) in [5.74, 6) is -1.12. The van der Waals surface area contributed by atoms with Crippen LogP contribution in [0.2, 0.25) is 0 Å². The van der Waals surface area contributed by atoms with Gasteiger partial charge >= 0.3 is 12.1 Å². The van der Waals surface area contributed by atoms with E-state index in [2.05, 4.69) is 20.0 Å². The van der Waals surface area contributed by atoms with E-state index >= 15 is 0 Å². The molecule has 0 aliphatic carbocycles. The van der Waals surface area contributed by atoms with Crippen LogP contribution in [0.25, 0.3) is 21.4 Å². The Morgan fingerprint density at radius 3 is 2.71 bits per heavy atom. The molecule has 0 unspecified atom stereocenters. The molecule has 0 aliphatic rings. The summed E-state index contributed by atoms with van der Waals surface area (Å²) in [6.07, 6.45) is -3.45. The van der Waals surface area contributed by atoms with E-state index in [1.165, 1.54) is 24.0 Å². The molecule has 1 aromatic carbocycles. The van der Waals surface area contributed by atoms with Crippen LogP contribution >= 0.6 is 11.3 Å². The fourth-order valence-corrected chi connectivity index (χ4v) is 3.90. The molecule has 0 saturated carbocycles. The number of imidazole rings is 1. The molecule has 0 bridgehead atoms. The smallest absolute Gasteiger partial charge is 0.406 e. The first-order chi connectivity index (χ1) is 14.5. The highest BCUT2D eigenvalue weighted by Crippen LogP contribution is 2.31. The summed E-state index contributed by atoms with van der Waals surface area (Å²) in [7, 11) is 3.02. The summed E-state index contributed by atoms with van der Waals surface area (Å²) in [5.41, 5.74) is -0.695. The van der Waals surface area contributed by atoms with Crippen LogP contribution in [-0.2, 0) is 25.4 Å². The third-order valence-corrected chi connectivity index (χ3v) is 5.28. The average molecular weight is 454 g/mol. The maximum Gasteiger partial charge on any atom is 0.573 e. The highest BCUT2D eigenvalue weighted by molar-refractivity contribution is 7.22. The lowest BCUT2D eigenvalue weighted by molar-refractivity contribution is -0.274. The maximum atomic E-state index is 12.7. The highest BCUT2D eigenvalue weighted by Gasteiger charge is 2.31. The molecule has 14 heteroatoms. The predicted octanol–water partition coefficient (Wildman–Crippen LogP) is 1.58. The number of aryl methyl sites for hydroxylation is 2. The van der Waals surface area contributed by atoms with Gasteiger partial charge in [-0.05, 0) is 12.1 Å². The first-order valence-electron chi connectivity index (χ1n) is 8.60. The van der Waals surface area contributed by atoms with Crippen molar-refractivity contribution in [2.24, 2.45) is 14.1 Å². The quantitative estimate of drug-likeness (QED) is 0.501. The topological polar surface area (TPSA) is 113 Å². The molecule has 0 radical (unpaired) electrons. The number of anilines is 1. The Morgan fingerprint density at radius 2 is 2.00 bits per heavy atom. The van der Waals surface area contributed by atoms with E-state index in [0.29, 0.717) is 10.2 Å². The Balaban J connectivity index is 1.59. The number of nitrogens with zero attached hydrogens (tertiary/aromatic N) is 5. The summed E-state index contributed by atoms with van der Waals surface area (Å²) < 4.78 is 44.7. The summed E-state index contributed by atoms with van der Waals surface area (Å²) in [4.78, 5) is 45.7. The van der Waals surface area contributed by atoms with Crippen LogP contribution in [0, 0.1) is 0 Å². The fraction of sp³-hybridized carbons (Fsp3) is 0.235. The van der Waals surface area contributed by atoms with Crippen LogP contribution in [0.3, 0.4) is 0 Å². The average Bonchev–Trinajstić information content (AvgIpc) is 3.24. The van der Waals surface area contributed by atoms with Crippen molar-refractivity contribution in [2.45, 2.75) is 12.9 Å². The zero-order chi connectivity index (χ0) is 22.5. The van der Waals surface area contributed by atoms with Gasteiger partial charge in [0.15, 0.2) is 16.3 Å². The van der Waals surface area contributed by atoms with Gasteiger partial charge in [0.2, 0.25) is 5.91 Å². The number of halogens is 3. The minimum atomic E-state index is -4.83. The number of nitrogens with one attached hydrogen (secondary N) is 1. The number of carbonyl (C=O) groups is 1. The number of fused-ring (bicyclic) bond motifs is 2. The summed E-state index contributed by atoms with van der Waals surface area (Å²) in [6.45, 7) is -0.578. The second kappa shape index (κ2) is 7.23. The van der Waals surface area contributed by atoms with Crippen molar-refractivity contribution < 1.29 is 22.7 Å². The lowest BCUT2D eigenvalue weighted by atomic mass is 10.3. The number of benzene rings is 1. The van der Waals surface area contributed by atoms with Crippen molar-refractivity contribution in [3.63, 3.8) is 0 Å². The van der Waals surface area contributed by atoms with Crippen molar-refractivity contribution in [1.82, 2.24) is 23.7 Å². The molecule has 1 amide bonds. The molecule has 3 aromatic heterocycles. The van der Waals surface area contributed by atoms with Crippen LogP contribution in [0.4, 0.5) is 18.3 Å². The zero-order valence-corrected chi connectivity index (χ0v) is 16.7. The number of carbonyl (C=O) groups excluding carboxylic acids is 1. The maximum absolute atomic E-state index is 12.7. The lowest BCUT2D eigenvalue weighted by Crippen LogP contribution is -2.42. The minimum absolute atomic E-state index is 0.0932. The van der Waals surface area contributed by atoms with Crippen LogP contribution in [0.5, 0.6) is 5.75 Å². The van der Waals surface area contributed by atoms with Crippen molar-refractivity contribution in [2.75, 3.05) is 5.32 Å². The fourth-order valence-electron chi connectivity index (χ4n) is 2.99. The molecule has 31 heavy (non-hydrogen) atoms. The summed E-state index contributed by atoms with van der Waals surface area (Å²) in [5, 5.41) is 2.55. The van der Waals surface area contributed by atoms with Crippen molar-refractivity contribution in [3.05, 3.63) is 45.4 Å². The van der Waals surface area contributed by atoms with E-state index in [9.17, 15) is 27.6 Å². The van der Waals surface area contributed by atoms with Crippen LogP contribution in [-0.4, -0.2) is 35.9 Å². The SMILES string of the molecule is Cn1cnc2c1c(=O)n(CC(=O)Nc1nc3ccc(OC(F)(F)F)cc3s1)c(=O)n2C. The number of amides is 1. The lowest BCUT2D eigenvalue weighted by Gasteiger charge is -2.08. The van der Waals surface area contributed by atoms with Crippen LogP contribution < -0.4 is 21.3 Å². The Labute approximate surface area is 174 Å². The first-order valence-corrected chi connectivity index (χ1v) is 9.42. The molecule has 0 saturated heterocycles. The summed E-state index contributed by atoms with van der Waals surface area (Å²) in [6, 6.07) is 3.57. The standard InChI is InChI=1S/C17H13F3N6O4S/c1-24-7-21-13-12(24)14(28)26(16(29)25(13)2)6-11(27)23-15-22-9-4-3-8(5-10(9)31-15)30-17(18,19)20/h3-5,7H,6H2,1-2H3,(H,22,23,27). The Morgan fingerprint density at radius 1 is 1.26 bits per heavy atom. The molecule has 0 fully saturated rings. The molecule has 4 rings (SSSR count). The van der Waals surface area contributed by atoms with E-state index in [1.54, 1.807) is 7.05 Å². The second-order valence-electron chi connectivity index (χ2n) is 6.51. The van der Waals surface area contributed by atoms with E-state index in [0.717, 1.165) is 32.6 Å². The largest absolute Gasteiger partial charge is 0.573 e. The number of ether oxygens (including phenoxy) is 1. The van der Waals surface area contributed by atoms with Crippen molar-refractivity contribution >= 4 is 43.8 Å². The molecular weight excluding hydrogens is 441 g/mol. The van der Waals surface area contributed by atoms with Crippen molar-refractivity contribution in [1.29, 1.82) is 0 Å². The van der Waals surface area contributed by atoms with E-state index in [-0.39, 0.29) is 16.3 Å². The van der Waals surface area contributed by atoms with E-state index < -0.39 is 35.8 Å². The Bertz CT molecular complexity index is 1450. The summed E-state index contributed by atoms with van der Waals surface area (Å²) >= 11 is 0.919. The molecule has 162 valence electrons. The number of aromatic nitrogens is 5. The van der Waals surface area contributed by atoms with Gasteiger partial charge in [0.25, 0.3) is 5.56 Å². The normalized spacial score (nSPS) is 11.9. The van der Waals surface area contributed by atoms with Gasteiger partial charge in [-0.2, -0.15) is 0 Å². The van der Waals surface area contributed by atoms with Crippen molar-refractivity contribution in [3.8, 4) is 5.75 Å². The van der Waals surface area contributed by atoms with E-state index in [1.807, 2.05) is 0 Å². The van der Waals surface area contributed by atoms with Gasteiger partial charge in [0.05, 0.1) is 16.5 Å². The van der Waals surface area contributed by atoms with Gasteiger partial charge in [-0.15, -0.1) is 13.2 Å². The van der Waals surface area contributed by atoms with Gasteiger partial charge in [0, 0.05) is 20.2 Å². The Hall–Kier alpha value is -3.68. The molecule has 3 heterocycles. The number of rotatable bonds is 4. The molecular formula is C17H13F3N6O4S. The third kappa shape index (κ3) is 3.88. The first kappa shape index (κ1) is 20.6. The van der Waals surface area contributed by atoms with Gasteiger partial charge in [0.1, 0.15) is 12.3 Å². The minimum Gasteiger partial charge on any atom is -0.406 e. The number of thiazole rings is 1. The molecule has 1 N–H and O–H groups in total. The highest BCUT2D eigenvalue weighted by atomic mass is 32.1. The van der Waals surface area contributed by atoms with Gasteiger partial charge < -0.3 is 14.6 Å². The zero-order valence-electron chi connectivity index (χ0n) is 15.9. The monoisotopic (exact) mass is 454 g/mol. The number of hydrogen-bond donors (Lipinski definition) is 1. The number of hydrogen-bond acceptors (Lipinski definition) is 7. The van der Waals surface area contributed by atoms with Crippen LogP contribution in [0.15, 0.2) is 34.1 Å². The molecule has 0 spiro atoms. The van der Waals surface area contributed by atoms with Crippen LogP contribution in [0.1, 0.15) is 0 Å². The number of alkyl halides is 3. The van der Waals surface area contributed by atoms with Gasteiger partial charge in [-0.3, -0.25) is 14.2 Å². The molecule has 4 aromatic rings. The Kier molecular flexibility index (Phi) is 4.80. The molecule has 0 atom stereocenters. The third-order valence-electron chi connectivity index (χ3n) is 4.34. The molecule has 10 nitrogen and oxygen atoms in total. The second-order valence-corrected chi connectivity index (χ2v) is 7.54. The van der Waals surface area contributed by atoms with Gasteiger partial charge in [-0.25, -0.2) is 19.3 Å².